The van der Waals surface area contributed by atoms with Crippen LogP contribution in [0.15, 0.2) is 89.8 Å². The summed E-state index contributed by atoms with van der Waals surface area (Å²) in [5.41, 5.74) is 5.98. The van der Waals surface area contributed by atoms with Gasteiger partial charge in [0.2, 0.25) is 5.91 Å². The predicted octanol–water partition coefficient (Wildman–Crippen LogP) is 5.97. The average molecular weight is 505 g/mol. The summed E-state index contributed by atoms with van der Waals surface area (Å²) >= 11 is 0. The molecule has 0 aliphatic carbocycles. The highest BCUT2D eigenvalue weighted by molar-refractivity contribution is 5.96. The largest absolute Gasteiger partial charge is 0.463 e. The molecule has 6 rings (SSSR count). The quantitative estimate of drug-likeness (QED) is 0.308. The van der Waals surface area contributed by atoms with Crippen LogP contribution in [-0.4, -0.2) is 39.8 Å². The molecule has 1 fully saturated rings. The molecule has 0 saturated carbocycles. The van der Waals surface area contributed by atoms with Crippen LogP contribution in [0.1, 0.15) is 46.7 Å². The van der Waals surface area contributed by atoms with Crippen molar-refractivity contribution >= 4 is 39.5 Å². The molecule has 2 amide bonds. The number of carbonyl (C=O) groups excluding carboxylic acids is 2. The maximum Gasteiger partial charge on any atom is 0.255 e. The first kappa shape index (κ1) is 23.9. The number of aryl methyl sites for hydroxylation is 1. The summed E-state index contributed by atoms with van der Waals surface area (Å²) in [6, 6.07) is 21.7. The summed E-state index contributed by atoms with van der Waals surface area (Å²) in [6.45, 7) is 1.39. The topological polar surface area (TPSA) is 88.3 Å². The van der Waals surface area contributed by atoms with Gasteiger partial charge in [0, 0.05) is 49.0 Å². The number of anilines is 1. The highest BCUT2D eigenvalue weighted by Crippen LogP contribution is 2.30. The molecule has 0 bridgehead atoms. The third-order valence-corrected chi connectivity index (χ3v) is 7.29. The van der Waals surface area contributed by atoms with Crippen molar-refractivity contribution in [3.05, 3.63) is 102 Å². The van der Waals surface area contributed by atoms with Gasteiger partial charge >= 0.3 is 0 Å². The Balaban J connectivity index is 0.997. The maximum absolute atomic E-state index is 13.0. The Kier molecular flexibility index (Phi) is 6.56. The van der Waals surface area contributed by atoms with Crippen LogP contribution >= 0.6 is 0 Å². The summed E-state index contributed by atoms with van der Waals surface area (Å²) < 4.78 is 5.39. The van der Waals surface area contributed by atoms with E-state index in [9.17, 15) is 9.59 Å². The van der Waals surface area contributed by atoms with Crippen molar-refractivity contribution < 1.29 is 14.0 Å². The monoisotopic (exact) mass is 504 g/mol. The van der Waals surface area contributed by atoms with Crippen LogP contribution in [0.5, 0.6) is 0 Å². The first-order chi connectivity index (χ1) is 18.6. The van der Waals surface area contributed by atoms with Crippen molar-refractivity contribution in [2.75, 3.05) is 18.4 Å². The number of hydrogen-bond acceptors (Lipinski definition) is 5. The molecule has 0 spiro atoms. The van der Waals surface area contributed by atoms with E-state index in [1.54, 1.807) is 24.6 Å². The molecule has 190 valence electrons. The number of para-hydroxylation sites is 1. The Morgan fingerprint density at radius 3 is 2.55 bits per heavy atom. The van der Waals surface area contributed by atoms with Crippen LogP contribution in [0.3, 0.4) is 0 Å². The second-order valence-electron chi connectivity index (χ2n) is 9.80. The zero-order valence-electron chi connectivity index (χ0n) is 21.0. The van der Waals surface area contributed by atoms with E-state index < -0.39 is 0 Å². The number of amides is 2. The second-order valence-corrected chi connectivity index (χ2v) is 9.80. The molecule has 1 saturated heterocycles. The van der Waals surface area contributed by atoms with Crippen LogP contribution in [0.4, 0.5) is 5.69 Å². The molecule has 0 unspecified atom stereocenters. The Morgan fingerprint density at radius 1 is 0.921 bits per heavy atom. The number of benzene rings is 2. The molecule has 3 aromatic heterocycles. The molecule has 7 nitrogen and oxygen atoms in total. The van der Waals surface area contributed by atoms with Gasteiger partial charge in [0.25, 0.3) is 5.91 Å². The lowest BCUT2D eigenvalue weighted by Crippen LogP contribution is -2.37. The highest BCUT2D eigenvalue weighted by atomic mass is 16.3. The van der Waals surface area contributed by atoms with Gasteiger partial charge in [-0.3, -0.25) is 19.6 Å². The molecule has 7 heteroatoms. The van der Waals surface area contributed by atoms with Crippen LogP contribution in [0, 0.1) is 0 Å². The van der Waals surface area contributed by atoms with E-state index in [4.69, 9.17) is 4.42 Å². The number of pyridine rings is 2. The standard InChI is InChI=1S/C31H28N4O3/c36-30(10-5-21-17-24-3-1-2-4-27(24)32-19-21)34-26-8-6-22(7-9-26)23-11-14-35(15-12-23)31(37)25-18-29-28(33-20-25)13-16-38-29/h1-4,6-9,13,16-20,23H,5,10-12,14-15H2,(H,34,36). The van der Waals surface area contributed by atoms with Gasteiger partial charge in [-0.05, 0) is 66.6 Å². The summed E-state index contributed by atoms with van der Waals surface area (Å²) in [5.74, 6) is 0.363. The van der Waals surface area contributed by atoms with Crippen LogP contribution in [0.2, 0.25) is 0 Å². The highest BCUT2D eigenvalue weighted by Gasteiger charge is 2.25. The van der Waals surface area contributed by atoms with E-state index in [1.807, 2.05) is 47.5 Å². The first-order valence-electron chi connectivity index (χ1n) is 13.0. The second kappa shape index (κ2) is 10.5. The number of piperidine rings is 1. The van der Waals surface area contributed by atoms with Gasteiger partial charge in [-0.25, -0.2) is 0 Å². The van der Waals surface area contributed by atoms with Crippen molar-refractivity contribution in [1.29, 1.82) is 0 Å². The molecule has 0 radical (unpaired) electrons. The van der Waals surface area contributed by atoms with Gasteiger partial charge in [0.05, 0.1) is 17.3 Å². The SMILES string of the molecule is O=C(CCc1cnc2ccccc2c1)Nc1ccc(C2CCN(C(=O)c3cnc4ccoc4c3)CC2)cc1. The van der Waals surface area contributed by atoms with E-state index in [0.29, 0.717) is 43.0 Å². The number of fused-ring (bicyclic) bond motifs is 2. The van der Waals surface area contributed by atoms with Gasteiger partial charge in [0.15, 0.2) is 5.58 Å². The fourth-order valence-electron chi connectivity index (χ4n) is 5.14. The number of carbonyl (C=O) groups is 2. The van der Waals surface area contributed by atoms with Crippen molar-refractivity contribution in [2.45, 2.75) is 31.6 Å². The Labute approximate surface area is 220 Å². The van der Waals surface area contributed by atoms with Crippen molar-refractivity contribution in [2.24, 2.45) is 0 Å². The molecule has 1 aliphatic rings. The summed E-state index contributed by atoms with van der Waals surface area (Å²) in [6.07, 6.45) is 7.89. The Morgan fingerprint density at radius 2 is 1.71 bits per heavy atom. The van der Waals surface area contributed by atoms with Gasteiger partial charge < -0.3 is 14.6 Å². The number of aromatic nitrogens is 2. The fraction of sp³-hybridized carbons (Fsp3) is 0.226. The molecule has 1 N–H and O–H groups in total. The van der Waals surface area contributed by atoms with E-state index >= 15 is 0 Å². The summed E-state index contributed by atoms with van der Waals surface area (Å²) in [5, 5.41) is 4.09. The number of hydrogen-bond donors (Lipinski definition) is 1. The van der Waals surface area contributed by atoms with E-state index in [2.05, 4.69) is 33.5 Å². The van der Waals surface area contributed by atoms with E-state index in [1.165, 1.54) is 5.56 Å². The number of rotatable bonds is 6. The zero-order valence-corrected chi connectivity index (χ0v) is 21.0. The maximum atomic E-state index is 13.0. The van der Waals surface area contributed by atoms with Crippen molar-refractivity contribution in [3.63, 3.8) is 0 Å². The van der Waals surface area contributed by atoms with E-state index in [0.717, 1.165) is 40.5 Å². The Hall–Kier alpha value is -4.52. The average Bonchev–Trinajstić information content (AvgIpc) is 3.44. The smallest absolute Gasteiger partial charge is 0.255 e. The van der Waals surface area contributed by atoms with Gasteiger partial charge in [-0.2, -0.15) is 0 Å². The summed E-state index contributed by atoms with van der Waals surface area (Å²) in [7, 11) is 0. The van der Waals surface area contributed by atoms with Crippen molar-refractivity contribution in [1.82, 2.24) is 14.9 Å². The minimum absolute atomic E-state index is 0.00761. The zero-order chi connectivity index (χ0) is 25.9. The molecule has 38 heavy (non-hydrogen) atoms. The van der Waals surface area contributed by atoms with E-state index in [-0.39, 0.29) is 11.8 Å². The minimum Gasteiger partial charge on any atom is -0.463 e. The first-order valence-corrected chi connectivity index (χ1v) is 13.0. The predicted molar refractivity (Wildman–Crippen MR) is 147 cm³/mol. The molecular weight excluding hydrogens is 476 g/mol. The number of nitrogens with one attached hydrogen (secondary N) is 1. The van der Waals surface area contributed by atoms with Crippen LogP contribution < -0.4 is 5.32 Å². The van der Waals surface area contributed by atoms with Gasteiger partial charge in [0.1, 0.15) is 5.52 Å². The number of furan rings is 1. The lowest BCUT2D eigenvalue weighted by molar-refractivity contribution is -0.116. The molecule has 4 heterocycles. The third-order valence-electron chi connectivity index (χ3n) is 7.29. The Bertz CT molecular complexity index is 1600. The van der Waals surface area contributed by atoms with Gasteiger partial charge in [-0.1, -0.05) is 30.3 Å². The lowest BCUT2D eigenvalue weighted by atomic mass is 9.89. The molecule has 5 aromatic rings. The normalized spacial score (nSPS) is 14.2. The molecular formula is C31H28N4O3. The van der Waals surface area contributed by atoms with Crippen LogP contribution in [0.25, 0.3) is 22.0 Å². The van der Waals surface area contributed by atoms with Crippen molar-refractivity contribution in [3.8, 4) is 0 Å². The molecule has 2 aromatic carbocycles. The summed E-state index contributed by atoms with van der Waals surface area (Å²) in [4.78, 5) is 36.2. The number of nitrogens with zero attached hydrogens (tertiary/aromatic N) is 3. The fourth-order valence-corrected chi connectivity index (χ4v) is 5.14. The lowest BCUT2D eigenvalue weighted by Gasteiger charge is -2.32. The van der Waals surface area contributed by atoms with Crippen LogP contribution in [-0.2, 0) is 11.2 Å². The molecule has 0 atom stereocenters. The third kappa shape index (κ3) is 5.13. The minimum atomic E-state index is -0.0139. The van der Waals surface area contributed by atoms with Gasteiger partial charge in [-0.15, -0.1) is 0 Å². The number of likely N-dealkylation sites (tertiary alicyclic amines) is 1. The molecule has 1 aliphatic heterocycles.